The number of nitrogens with one attached hydrogen (secondary N) is 2. The number of aromatic amines is 2. The molecular formula is C62H72ClF3N4O4. The molecule has 3 N–H and O–H groups in total. The number of rotatable bonds is 18. The van der Waals surface area contributed by atoms with Crippen molar-refractivity contribution in [3.8, 4) is 0 Å². The SMILES string of the molecule is CCCCCCN1CCC(c2c[nH]c3ccc(C(=O)c4ccc(CCCC)cc4)cc23)CC1.CCCCN1CCC(c2c[nH]c3ccc(C(=O)c4ccccc4C(F)(F)F)cc23)CC1.O=C(O)c1ccccc1Cl. The number of carbonyl (C=O) groups excluding carboxylic acids is 2. The number of nitrogens with zero attached hydrogens (tertiary/aromatic N) is 2. The molecule has 2 fully saturated rings. The van der Waals surface area contributed by atoms with Crippen LogP contribution in [0.2, 0.25) is 5.02 Å². The van der Waals surface area contributed by atoms with E-state index < -0.39 is 23.5 Å². The fourth-order valence-electron chi connectivity index (χ4n) is 10.4. The number of carbonyl (C=O) groups is 3. The number of aromatic nitrogens is 2. The fraction of sp³-hybridized carbons (Fsp3) is 0.403. The Hall–Kier alpha value is -6.01. The van der Waals surface area contributed by atoms with Crippen LogP contribution in [0.25, 0.3) is 21.8 Å². The van der Waals surface area contributed by atoms with Gasteiger partial charge >= 0.3 is 12.1 Å². The van der Waals surface area contributed by atoms with E-state index in [9.17, 15) is 27.6 Å². The Morgan fingerprint density at radius 2 is 1.07 bits per heavy atom. The van der Waals surface area contributed by atoms with Crippen LogP contribution < -0.4 is 0 Å². The van der Waals surface area contributed by atoms with Crippen molar-refractivity contribution < 1.29 is 32.7 Å². The van der Waals surface area contributed by atoms with E-state index in [2.05, 4.69) is 71.0 Å². The zero-order chi connectivity index (χ0) is 52.6. The van der Waals surface area contributed by atoms with E-state index in [1.807, 2.05) is 24.4 Å². The lowest BCUT2D eigenvalue weighted by Crippen LogP contribution is -2.33. The summed E-state index contributed by atoms with van der Waals surface area (Å²) in [7, 11) is 0. The molecular weight excluding hydrogens is 957 g/mol. The Bertz CT molecular complexity index is 2930. The molecule has 2 aliphatic rings. The van der Waals surface area contributed by atoms with E-state index in [1.54, 1.807) is 36.4 Å². The predicted molar refractivity (Wildman–Crippen MR) is 294 cm³/mol. The van der Waals surface area contributed by atoms with Crippen molar-refractivity contribution >= 4 is 50.9 Å². The number of likely N-dealkylation sites (tertiary alicyclic amines) is 2. The average molecular weight is 1030 g/mol. The molecule has 392 valence electrons. The lowest BCUT2D eigenvalue weighted by atomic mass is 9.88. The van der Waals surface area contributed by atoms with Crippen molar-refractivity contribution in [2.45, 2.75) is 122 Å². The van der Waals surface area contributed by atoms with Crippen molar-refractivity contribution in [1.82, 2.24) is 19.8 Å². The number of piperidine rings is 2. The highest BCUT2D eigenvalue weighted by atomic mass is 35.5. The van der Waals surface area contributed by atoms with Gasteiger partial charge in [-0.2, -0.15) is 13.2 Å². The molecule has 74 heavy (non-hydrogen) atoms. The first-order chi connectivity index (χ1) is 35.8. The summed E-state index contributed by atoms with van der Waals surface area (Å²) in [6.45, 7) is 13.5. The van der Waals surface area contributed by atoms with Gasteiger partial charge in [0.05, 0.1) is 16.1 Å². The third kappa shape index (κ3) is 14.6. The molecule has 2 aliphatic heterocycles. The van der Waals surface area contributed by atoms with Gasteiger partial charge in [-0.15, -0.1) is 0 Å². The lowest BCUT2D eigenvalue weighted by Gasteiger charge is -2.32. The van der Waals surface area contributed by atoms with Crippen LogP contribution in [0.1, 0.15) is 174 Å². The van der Waals surface area contributed by atoms with Gasteiger partial charge < -0.3 is 24.9 Å². The maximum Gasteiger partial charge on any atom is 0.417 e. The summed E-state index contributed by atoms with van der Waals surface area (Å²) >= 11 is 5.54. The number of benzene rings is 5. The average Bonchev–Trinajstić information content (AvgIpc) is 4.06. The quantitative estimate of drug-likeness (QED) is 0.0584. The number of aryl methyl sites for hydroxylation is 1. The van der Waals surface area contributed by atoms with E-state index >= 15 is 0 Å². The summed E-state index contributed by atoms with van der Waals surface area (Å²) in [6.07, 6.45) is 15.3. The zero-order valence-electron chi connectivity index (χ0n) is 43.2. The minimum atomic E-state index is -4.57. The molecule has 7 aromatic rings. The van der Waals surface area contributed by atoms with Crippen molar-refractivity contribution in [2.24, 2.45) is 0 Å². The summed E-state index contributed by atoms with van der Waals surface area (Å²) in [5, 5.41) is 10.9. The first-order valence-corrected chi connectivity index (χ1v) is 27.2. The number of hydrogen-bond acceptors (Lipinski definition) is 5. The van der Waals surface area contributed by atoms with Crippen LogP contribution in [-0.4, -0.2) is 81.7 Å². The van der Waals surface area contributed by atoms with Crippen molar-refractivity contribution in [1.29, 1.82) is 0 Å². The number of carboxylic acids is 1. The molecule has 9 rings (SSSR count). The normalized spacial score (nSPS) is 14.9. The Morgan fingerprint density at radius 3 is 1.57 bits per heavy atom. The smallest absolute Gasteiger partial charge is 0.417 e. The van der Waals surface area contributed by atoms with Gasteiger partial charge in [-0.1, -0.05) is 119 Å². The molecule has 0 saturated carbocycles. The van der Waals surface area contributed by atoms with Crippen LogP contribution in [0, 0.1) is 0 Å². The molecule has 2 aromatic heterocycles. The monoisotopic (exact) mass is 1030 g/mol. The second-order valence-electron chi connectivity index (χ2n) is 19.9. The molecule has 0 atom stereocenters. The topological polar surface area (TPSA) is 110 Å². The third-order valence-corrected chi connectivity index (χ3v) is 15.1. The highest BCUT2D eigenvalue weighted by Gasteiger charge is 2.35. The van der Waals surface area contributed by atoms with E-state index in [4.69, 9.17) is 16.7 Å². The number of unbranched alkanes of at least 4 members (excludes halogenated alkanes) is 5. The van der Waals surface area contributed by atoms with Crippen molar-refractivity contribution in [3.05, 3.63) is 177 Å². The van der Waals surface area contributed by atoms with Gasteiger partial charge in [0.2, 0.25) is 0 Å². The first kappa shape index (κ1) is 55.7. The summed E-state index contributed by atoms with van der Waals surface area (Å²) in [5.74, 6) is -0.511. The van der Waals surface area contributed by atoms with Crippen LogP contribution in [-0.2, 0) is 12.6 Å². The van der Waals surface area contributed by atoms with Gasteiger partial charge in [0, 0.05) is 56.5 Å². The molecule has 0 spiro atoms. The fourth-order valence-corrected chi connectivity index (χ4v) is 10.6. The minimum absolute atomic E-state index is 0.119. The van der Waals surface area contributed by atoms with Gasteiger partial charge in [0.15, 0.2) is 11.6 Å². The molecule has 0 radical (unpaired) electrons. The van der Waals surface area contributed by atoms with Crippen LogP contribution in [0.5, 0.6) is 0 Å². The van der Waals surface area contributed by atoms with Crippen LogP contribution in [0.4, 0.5) is 13.2 Å². The summed E-state index contributed by atoms with van der Waals surface area (Å²) in [5.41, 5.74) is 6.69. The maximum atomic E-state index is 13.4. The van der Waals surface area contributed by atoms with Crippen LogP contribution in [0.15, 0.2) is 122 Å². The molecule has 0 aliphatic carbocycles. The molecule has 5 aromatic carbocycles. The van der Waals surface area contributed by atoms with Crippen LogP contribution in [0.3, 0.4) is 0 Å². The van der Waals surface area contributed by atoms with Gasteiger partial charge in [-0.25, -0.2) is 4.79 Å². The Balaban J connectivity index is 0.000000182. The summed E-state index contributed by atoms with van der Waals surface area (Å²) in [4.78, 5) is 48.4. The number of fused-ring (bicyclic) bond motifs is 2. The zero-order valence-corrected chi connectivity index (χ0v) is 44.0. The highest BCUT2D eigenvalue weighted by molar-refractivity contribution is 6.33. The van der Waals surface area contributed by atoms with Gasteiger partial charge in [0.25, 0.3) is 0 Å². The van der Waals surface area contributed by atoms with E-state index in [0.717, 1.165) is 78.1 Å². The van der Waals surface area contributed by atoms with Crippen molar-refractivity contribution in [3.63, 3.8) is 0 Å². The molecule has 4 heterocycles. The van der Waals surface area contributed by atoms with Crippen LogP contribution >= 0.6 is 11.6 Å². The molecule has 2 saturated heterocycles. The number of aromatic carboxylic acids is 1. The first-order valence-electron chi connectivity index (χ1n) is 26.8. The maximum absolute atomic E-state index is 13.4. The number of ketones is 2. The third-order valence-electron chi connectivity index (χ3n) is 14.8. The number of carboxylic acid groups (broad SMARTS) is 1. The molecule has 12 heteroatoms. The minimum Gasteiger partial charge on any atom is -0.478 e. The van der Waals surface area contributed by atoms with Gasteiger partial charge in [-0.3, -0.25) is 9.59 Å². The Kier molecular flexibility index (Phi) is 20.3. The molecule has 0 bridgehead atoms. The number of hydrogen-bond donors (Lipinski definition) is 3. The molecule has 0 unspecified atom stereocenters. The second-order valence-corrected chi connectivity index (χ2v) is 20.3. The largest absolute Gasteiger partial charge is 0.478 e. The van der Waals surface area contributed by atoms with E-state index in [-0.39, 0.29) is 27.5 Å². The lowest BCUT2D eigenvalue weighted by molar-refractivity contribution is -0.137. The van der Waals surface area contributed by atoms with Crippen molar-refractivity contribution in [2.75, 3.05) is 39.3 Å². The molecule has 8 nitrogen and oxygen atoms in total. The van der Waals surface area contributed by atoms with Gasteiger partial charge in [-0.05, 0) is 174 Å². The number of halogens is 4. The predicted octanol–water partition coefficient (Wildman–Crippen LogP) is 15.9. The number of H-pyrrole nitrogens is 2. The van der Waals surface area contributed by atoms with E-state index in [1.165, 1.54) is 125 Å². The van der Waals surface area contributed by atoms with Gasteiger partial charge in [0.1, 0.15) is 0 Å². The Labute approximate surface area is 439 Å². The summed E-state index contributed by atoms with van der Waals surface area (Å²) < 4.78 is 40.1. The second kappa shape index (κ2) is 27.0. The highest BCUT2D eigenvalue weighted by Crippen LogP contribution is 2.37. The Morgan fingerprint density at radius 1 is 0.581 bits per heavy atom. The number of alkyl halides is 3. The van der Waals surface area contributed by atoms with E-state index in [0.29, 0.717) is 11.8 Å². The summed E-state index contributed by atoms with van der Waals surface area (Å²) in [6, 6.07) is 30.8. The molecule has 0 amide bonds. The standard InChI is InChI=1S/C30H40N2O.C25H27F3N2O.C7H5ClO2/c1-3-5-7-8-18-32-19-16-24(17-20-32)28-22-31-29-15-14-26(21-27(28)29)30(33)25-12-10-23(11-13-25)9-6-4-2;1-2-3-12-30-13-10-17(11-14-30)21-16-29-23-9-8-18(15-20(21)23)24(31)19-6-4-5-7-22(19)25(26,27)28;8-6-4-2-1-3-5(6)7(9)10/h10-15,21-22,24,31H,3-9,16-20H2,1-2H3;4-9,15-17,29H,2-3,10-14H2,1H3;1-4H,(H,9,10).